The minimum absolute atomic E-state index is 0.316. The summed E-state index contributed by atoms with van der Waals surface area (Å²) >= 11 is 3.41. The Balaban J connectivity index is 2.42. The van der Waals surface area contributed by atoms with Crippen LogP contribution in [0.15, 0.2) is 22.8 Å². The molecule has 1 aliphatic carbocycles. The van der Waals surface area contributed by atoms with Crippen LogP contribution in [-0.2, 0) is 5.41 Å². The van der Waals surface area contributed by atoms with E-state index in [9.17, 15) is 5.26 Å². The van der Waals surface area contributed by atoms with Gasteiger partial charge < -0.3 is 0 Å². The summed E-state index contributed by atoms with van der Waals surface area (Å²) in [7, 11) is 0. The van der Waals surface area contributed by atoms with Gasteiger partial charge in [-0.2, -0.15) is 5.26 Å². The van der Waals surface area contributed by atoms with Crippen LogP contribution in [0.2, 0.25) is 0 Å². The first-order chi connectivity index (χ1) is 6.77. The molecule has 0 amide bonds. The monoisotopic (exact) mass is 250 g/mol. The minimum atomic E-state index is -0.316. The van der Waals surface area contributed by atoms with Gasteiger partial charge in [-0.25, -0.2) is 0 Å². The molecule has 1 aromatic heterocycles. The number of aromatic nitrogens is 1. The molecule has 1 aromatic rings. The lowest BCUT2D eigenvalue weighted by molar-refractivity contribution is 0.554. The molecule has 1 fully saturated rings. The molecule has 0 N–H and O–H groups in total. The molecular formula is C11H11BrN2. The Morgan fingerprint density at radius 3 is 2.71 bits per heavy atom. The van der Waals surface area contributed by atoms with Crippen molar-refractivity contribution in [2.75, 3.05) is 0 Å². The highest BCUT2D eigenvalue weighted by Gasteiger charge is 2.37. The van der Waals surface area contributed by atoms with Gasteiger partial charge in [-0.1, -0.05) is 28.8 Å². The van der Waals surface area contributed by atoms with Gasteiger partial charge in [0.15, 0.2) is 0 Å². The summed E-state index contributed by atoms with van der Waals surface area (Å²) in [5, 5.41) is 9.26. The maximum absolute atomic E-state index is 9.26. The van der Waals surface area contributed by atoms with Crippen molar-refractivity contribution in [3.8, 4) is 6.07 Å². The zero-order chi connectivity index (χ0) is 10.0. The predicted molar refractivity (Wildman–Crippen MR) is 57.7 cm³/mol. The highest BCUT2D eigenvalue weighted by atomic mass is 79.9. The molecule has 0 unspecified atom stereocenters. The van der Waals surface area contributed by atoms with Crippen molar-refractivity contribution >= 4 is 15.9 Å². The first-order valence-corrected chi connectivity index (χ1v) is 5.59. The predicted octanol–water partition coefficient (Wildman–Crippen LogP) is 3.18. The van der Waals surface area contributed by atoms with E-state index in [1.807, 2.05) is 12.1 Å². The van der Waals surface area contributed by atoms with E-state index in [0.717, 1.165) is 35.8 Å². The molecule has 0 bridgehead atoms. The Morgan fingerprint density at radius 1 is 1.43 bits per heavy atom. The lowest BCUT2D eigenvalue weighted by Crippen LogP contribution is -2.20. The van der Waals surface area contributed by atoms with Crippen molar-refractivity contribution in [1.82, 2.24) is 4.98 Å². The van der Waals surface area contributed by atoms with Gasteiger partial charge in [0, 0.05) is 10.7 Å². The SMILES string of the molecule is N#CC1(c2cc(Br)ccn2)CCCC1. The Bertz CT molecular complexity index is 375. The molecule has 3 heteroatoms. The summed E-state index contributed by atoms with van der Waals surface area (Å²) in [4.78, 5) is 4.31. The van der Waals surface area contributed by atoms with Gasteiger partial charge in [-0.05, 0) is 25.0 Å². The first-order valence-electron chi connectivity index (χ1n) is 4.80. The summed E-state index contributed by atoms with van der Waals surface area (Å²) in [5.74, 6) is 0. The molecule has 2 nitrogen and oxygen atoms in total. The van der Waals surface area contributed by atoms with Gasteiger partial charge in [0.1, 0.15) is 0 Å². The molecule has 0 radical (unpaired) electrons. The molecule has 1 heterocycles. The Morgan fingerprint density at radius 2 is 2.14 bits per heavy atom. The lowest BCUT2D eigenvalue weighted by Gasteiger charge is -2.19. The van der Waals surface area contributed by atoms with E-state index in [-0.39, 0.29) is 5.41 Å². The van der Waals surface area contributed by atoms with Crippen molar-refractivity contribution in [2.24, 2.45) is 0 Å². The van der Waals surface area contributed by atoms with Crippen LogP contribution in [0.3, 0.4) is 0 Å². The standard InChI is InChI=1S/C11H11BrN2/c12-9-3-6-14-10(7-9)11(8-13)4-1-2-5-11/h3,6-7H,1-2,4-5H2. The highest BCUT2D eigenvalue weighted by molar-refractivity contribution is 9.10. The van der Waals surface area contributed by atoms with E-state index >= 15 is 0 Å². The molecular weight excluding hydrogens is 240 g/mol. The quantitative estimate of drug-likeness (QED) is 0.768. The van der Waals surface area contributed by atoms with Crippen molar-refractivity contribution in [3.05, 3.63) is 28.5 Å². The second-order valence-electron chi connectivity index (χ2n) is 3.76. The Kier molecular flexibility index (Phi) is 2.56. The zero-order valence-corrected chi connectivity index (χ0v) is 9.42. The number of nitrogens with zero attached hydrogens (tertiary/aromatic N) is 2. The molecule has 2 rings (SSSR count). The molecule has 0 saturated heterocycles. The smallest absolute Gasteiger partial charge is 0.0993 e. The number of hydrogen-bond donors (Lipinski definition) is 0. The topological polar surface area (TPSA) is 36.7 Å². The third kappa shape index (κ3) is 1.55. The average molecular weight is 251 g/mol. The molecule has 0 aromatic carbocycles. The van der Waals surface area contributed by atoms with Gasteiger partial charge in [0.05, 0.1) is 17.2 Å². The van der Waals surface area contributed by atoms with Crippen LogP contribution in [0.5, 0.6) is 0 Å². The van der Waals surface area contributed by atoms with E-state index in [1.165, 1.54) is 0 Å². The maximum Gasteiger partial charge on any atom is 0.0993 e. The first kappa shape index (κ1) is 9.67. The van der Waals surface area contributed by atoms with Crippen LogP contribution in [0.1, 0.15) is 31.4 Å². The normalized spacial score (nSPS) is 19.1. The molecule has 0 aliphatic heterocycles. The zero-order valence-electron chi connectivity index (χ0n) is 7.83. The fourth-order valence-corrected chi connectivity index (χ4v) is 2.41. The molecule has 14 heavy (non-hydrogen) atoms. The third-order valence-corrected chi connectivity index (χ3v) is 3.38. The molecule has 1 saturated carbocycles. The summed E-state index contributed by atoms with van der Waals surface area (Å²) in [5.41, 5.74) is 0.607. The van der Waals surface area contributed by atoms with Crippen molar-refractivity contribution < 1.29 is 0 Å². The van der Waals surface area contributed by atoms with Crippen LogP contribution in [-0.4, -0.2) is 4.98 Å². The van der Waals surface area contributed by atoms with Gasteiger partial charge in [0.25, 0.3) is 0 Å². The molecule has 1 aliphatic rings. The van der Waals surface area contributed by atoms with Gasteiger partial charge in [-0.15, -0.1) is 0 Å². The second-order valence-corrected chi connectivity index (χ2v) is 4.68. The van der Waals surface area contributed by atoms with E-state index in [4.69, 9.17) is 0 Å². The summed E-state index contributed by atoms with van der Waals surface area (Å²) in [6.07, 6.45) is 5.94. The molecule has 0 spiro atoms. The maximum atomic E-state index is 9.26. The van der Waals surface area contributed by atoms with E-state index < -0.39 is 0 Å². The minimum Gasteiger partial charge on any atom is -0.260 e. The van der Waals surface area contributed by atoms with Crippen molar-refractivity contribution in [3.63, 3.8) is 0 Å². The summed E-state index contributed by atoms with van der Waals surface area (Å²) in [6, 6.07) is 6.30. The molecule has 0 atom stereocenters. The highest BCUT2D eigenvalue weighted by Crippen LogP contribution is 2.39. The van der Waals surface area contributed by atoms with Crippen molar-refractivity contribution in [1.29, 1.82) is 5.26 Å². The fourth-order valence-electron chi connectivity index (χ4n) is 2.07. The van der Waals surface area contributed by atoms with Gasteiger partial charge in [-0.3, -0.25) is 4.98 Å². The number of hydrogen-bond acceptors (Lipinski definition) is 2. The number of pyridine rings is 1. The largest absolute Gasteiger partial charge is 0.260 e. The van der Waals surface area contributed by atoms with E-state index in [0.29, 0.717) is 0 Å². The van der Waals surface area contributed by atoms with Crippen LogP contribution >= 0.6 is 15.9 Å². The van der Waals surface area contributed by atoms with Crippen LogP contribution in [0.4, 0.5) is 0 Å². The van der Waals surface area contributed by atoms with Gasteiger partial charge in [0.2, 0.25) is 0 Å². The van der Waals surface area contributed by atoms with Crippen molar-refractivity contribution in [2.45, 2.75) is 31.1 Å². The fraction of sp³-hybridized carbons (Fsp3) is 0.455. The van der Waals surface area contributed by atoms with E-state index in [1.54, 1.807) is 6.20 Å². The van der Waals surface area contributed by atoms with Gasteiger partial charge >= 0.3 is 0 Å². The lowest BCUT2D eigenvalue weighted by atomic mass is 9.84. The Hall–Kier alpha value is -0.880. The molecule has 72 valence electrons. The Labute approximate surface area is 92.1 Å². The third-order valence-electron chi connectivity index (χ3n) is 2.88. The average Bonchev–Trinajstić information content (AvgIpc) is 2.67. The van der Waals surface area contributed by atoms with E-state index in [2.05, 4.69) is 27.0 Å². The second kappa shape index (κ2) is 3.70. The number of nitriles is 1. The summed E-state index contributed by atoms with van der Waals surface area (Å²) in [6.45, 7) is 0. The number of rotatable bonds is 1. The van der Waals surface area contributed by atoms with Crippen LogP contribution in [0.25, 0.3) is 0 Å². The summed E-state index contributed by atoms with van der Waals surface area (Å²) < 4.78 is 1.00. The van der Waals surface area contributed by atoms with Crippen LogP contribution < -0.4 is 0 Å². The van der Waals surface area contributed by atoms with Crippen LogP contribution in [0, 0.1) is 11.3 Å². The number of halogens is 1.